The van der Waals surface area contributed by atoms with Gasteiger partial charge in [-0.15, -0.1) is 0 Å². The molecule has 4 rings (SSSR count). The van der Waals surface area contributed by atoms with Crippen LogP contribution >= 0.6 is 0 Å². The third kappa shape index (κ3) is 19.1. The zero-order valence-electron chi connectivity index (χ0n) is 50.8. The van der Waals surface area contributed by atoms with Crippen LogP contribution in [0.1, 0.15) is 239 Å². The predicted octanol–water partition coefficient (Wildman–Crippen LogP) is 16.3. The Morgan fingerprint density at radius 1 is 0.379 bits per heavy atom. The number of nitrogens with zero attached hydrogens (tertiary/aromatic N) is 4. The minimum absolute atomic E-state index is 0.190. The van der Waals surface area contributed by atoms with Gasteiger partial charge in [0, 0.05) is 60.3 Å². The van der Waals surface area contributed by atoms with Gasteiger partial charge in [0.05, 0.1) is 13.2 Å². The molecule has 0 aromatic heterocycles. The lowest BCUT2D eigenvalue weighted by molar-refractivity contribution is -0.0340. The molecule has 0 radical (unpaired) electrons. The number of hydrogen-bond donors (Lipinski definition) is 0. The van der Waals surface area contributed by atoms with Crippen molar-refractivity contribution in [1.82, 2.24) is 19.6 Å². The van der Waals surface area contributed by atoms with Crippen LogP contribution in [0.25, 0.3) is 0 Å². The highest BCUT2D eigenvalue weighted by molar-refractivity contribution is 5.01. The zero-order valence-corrected chi connectivity index (χ0v) is 50.8. The van der Waals surface area contributed by atoms with E-state index in [4.69, 9.17) is 4.74 Å². The van der Waals surface area contributed by atoms with Crippen LogP contribution in [-0.4, -0.2) is 107 Å². The molecule has 0 N–H and O–H groups in total. The predicted molar refractivity (Wildman–Crippen MR) is 297 cm³/mol. The Morgan fingerprint density at radius 3 is 1.11 bits per heavy atom. The first-order valence-electron chi connectivity index (χ1n) is 28.4. The zero-order chi connectivity index (χ0) is 51.7. The van der Waals surface area contributed by atoms with Gasteiger partial charge in [-0.05, 0) is 177 Å². The molecule has 0 aliphatic carbocycles. The molecule has 66 heavy (non-hydrogen) atoms. The quantitative estimate of drug-likeness (QED) is 0.253. The van der Waals surface area contributed by atoms with E-state index >= 15 is 0 Å². The molecule has 4 aliphatic heterocycles. The van der Waals surface area contributed by atoms with Gasteiger partial charge in [0.25, 0.3) is 0 Å². The first-order chi connectivity index (χ1) is 29.8. The molecule has 0 bridgehead atoms. The number of ether oxygens (including phenoxy) is 1. The summed E-state index contributed by atoms with van der Waals surface area (Å²) in [5.74, 6) is 6.42. The molecule has 5 nitrogen and oxygen atoms in total. The van der Waals surface area contributed by atoms with Crippen molar-refractivity contribution in [3.63, 3.8) is 0 Å². The molecule has 0 amide bonds. The number of likely N-dealkylation sites (tertiary alicyclic amines) is 3. The van der Waals surface area contributed by atoms with E-state index in [1.165, 1.54) is 58.2 Å². The second kappa shape index (κ2) is 26.5. The molecule has 0 aromatic rings. The lowest BCUT2D eigenvalue weighted by Gasteiger charge is -2.52. The fourth-order valence-corrected chi connectivity index (χ4v) is 13.5. The van der Waals surface area contributed by atoms with Crippen LogP contribution < -0.4 is 0 Å². The van der Waals surface area contributed by atoms with Gasteiger partial charge in [-0.1, -0.05) is 145 Å². The fourth-order valence-electron chi connectivity index (χ4n) is 13.5. The maximum Gasteiger partial charge on any atom is 0.0593 e. The second-order valence-corrected chi connectivity index (χ2v) is 29.7. The highest BCUT2D eigenvalue weighted by atomic mass is 16.5. The van der Waals surface area contributed by atoms with E-state index in [1.54, 1.807) is 0 Å². The average molecular weight is 932 g/mol. The van der Waals surface area contributed by atoms with Gasteiger partial charge in [-0.3, -0.25) is 19.6 Å². The lowest BCUT2D eigenvalue weighted by Crippen LogP contribution is -2.58. The molecule has 0 spiro atoms. The van der Waals surface area contributed by atoms with Crippen LogP contribution in [0.2, 0.25) is 0 Å². The first kappa shape index (κ1) is 63.8. The number of piperidine rings is 1. The van der Waals surface area contributed by atoms with E-state index in [1.807, 2.05) is 0 Å². The van der Waals surface area contributed by atoms with Crippen molar-refractivity contribution >= 4 is 0 Å². The van der Waals surface area contributed by atoms with Crippen molar-refractivity contribution in [2.45, 2.75) is 287 Å². The van der Waals surface area contributed by atoms with Crippen molar-refractivity contribution in [3.8, 4) is 0 Å². The van der Waals surface area contributed by atoms with Gasteiger partial charge in [0.1, 0.15) is 0 Å². The summed E-state index contributed by atoms with van der Waals surface area (Å²) in [6.45, 7) is 75.5. The topological polar surface area (TPSA) is 22.2 Å². The summed E-state index contributed by atoms with van der Waals surface area (Å²) in [4.78, 5) is 10.9. The molecule has 4 saturated heterocycles. The third-order valence-corrected chi connectivity index (χ3v) is 16.7. The molecule has 0 saturated carbocycles. The van der Waals surface area contributed by atoms with Crippen molar-refractivity contribution in [1.29, 1.82) is 0 Å². The van der Waals surface area contributed by atoms with Crippen LogP contribution in [0.15, 0.2) is 0 Å². The molecule has 5 heteroatoms. The Hall–Kier alpha value is -0.200. The van der Waals surface area contributed by atoms with Gasteiger partial charge in [0.2, 0.25) is 0 Å². The minimum atomic E-state index is 0.190. The van der Waals surface area contributed by atoms with Crippen molar-refractivity contribution in [2.24, 2.45) is 69.0 Å². The summed E-state index contributed by atoms with van der Waals surface area (Å²) >= 11 is 0. The molecule has 4 heterocycles. The van der Waals surface area contributed by atoms with Crippen LogP contribution in [0.3, 0.4) is 0 Å². The summed E-state index contributed by atoms with van der Waals surface area (Å²) in [5, 5.41) is 0. The van der Waals surface area contributed by atoms with E-state index in [0.29, 0.717) is 40.9 Å². The standard InChI is InChI=1S/C17H35NO.2C15H31N.C14H29N/c1-15(2,3)13-12-19-11-10-18(17(7,8)9)14(13)16(4,5)6;1-11(2)16-10-9-12(14(3,4)5)13(16)15(6,7)8;1-11(2)14-9-7-8-10-16(13(5)6)15(14)12(3)4;1-10(2)13-8-7-9-15(12(5)6)14(13)11(3)4/h13-14H,10-12H2,1-9H3;11-13H,9-10H2,1-8H3;11-15H,7-10H2,1-6H3;10-14H,7-9H2,1-6H3. The van der Waals surface area contributed by atoms with E-state index in [9.17, 15) is 0 Å². The summed E-state index contributed by atoms with van der Waals surface area (Å²) < 4.78 is 5.94. The molecule has 4 aliphatic rings. The van der Waals surface area contributed by atoms with Crippen molar-refractivity contribution in [2.75, 3.05) is 39.4 Å². The van der Waals surface area contributed by atoms with Gasteiger partial charge in [-0.25, -0.2) is 0 Å². The van der Waals surface area contributed by atoms with Gasteiger partial charge in [-0.2, -0.15) is 0 Å². The summed E-state index contributed by atoms with van der Waals surface area (Å²) in [6.07, 6.45) is 8.45. The largest absolute Gasteiger partial charge is 0.380 e. The van der Waals surface area contributed by atoms with Crippen LogP contribution in [0.4, 0.5) is 0 Å². The van der Waals surface area contributed by atoms with E-state index in [0.717, 1.165) is 79.3 Å². The van der Waals surface area contributed by atoms with Crippen LogP contribution in [0.5, 0.6) is 0 Å². The molecule has 8 unspecified atom stereocenters. The molecule has 0 aromatic carbocycles. The Kier molecular flexibility index (Phi) is 25.6. The Bertz CT molecular complexity index is 1240. The van der Waals surface area contributed by atoms with Crippen LogP contribution in [0, 0.1) is 69.0 Å². The third-order valence-electron chi connectivity index (χ3n) is 16.7. The normalized spacial score (nSPS) is 28.9. The maximum atomic E-state index is 5.94. The van der Waals surface area contributed by atoms with Crippen molar-refractivity contribution < 1.29 is 4.74 Å². The minimum Gasteiger partial charge on any atom is -0.380 e. The second-order valence-electron chi connectivity index (χ2n) is 29.7. The van der Waals surface area contributed by atoms with E-state index < -0.39 is 0 Å². The van der Waals surface area contributed by atoms with Gasteiger partial charge < -0.3 is 4.74 Å². The maximum absolute atomic E-state index is 5.94. The van der Waals surface area contributed by atoms with E-state index in [-0.39, 0.29) is 16.4 Å². The Balaban J connectivity index is 0.000000442. The average Bonchev–Trinajstić information content (AvgIpc) is 3.32. The molecule has 4 fully saturated rings. The summed E-state index contributed by atoms with van der Waals surface area (Å²) in [5.41, 5.74) is 1.54. The smallest absolute Gasteiger partial charge is 0.0593 e. The highest BCUT2D eigenvalue weighted by Crippen LogP contribution is 2.47. The molecular formula is C61H126N4O. The van der Waals surface area contributed by atoms with Gasteiger partial charge in [0.15, 0.2) is 0 Å². The molecule has 8 atom stereocenters. The Morgan fingerprint density at radius 2 is 0.773 bits per heavy atom. The summed E-state index contributed by atoms with van der Waals surface area (Å²) in [7, 11) is 0. The van der Waals surface area contributed by atoms with Gasteiger partial charge >= 0.3 is 0 Å². The number of hydrogen-bond acceptors (Lipinski definition) is 5. The molecule has 396 valence electrons. The summed E-state index contributed by atoms with van der Waals surface area (Å²) in [6, 6.07) is 4.96. The fraction of sp³-hybridized carbons (Fsp3) is 1.00. The first-order valence-corrected chi connectivity index (χ1v) is 28.4. The van der Waals surface area contributed by atoms with Crippen molar-refractivity contribution in [3.05, 3.63) is 0 Å². The number of rotatable bonds is 7. The highest BCUT2D eigenvalue weighted by Gasteiger charge is 2.48. The SMILES string of the molecule is CC(C)(C)C1COCCN(C(C)(C)C)C1C(C)(C)C.CC(C)C1CCCCN(C(C)C)C1C(C)C.CC(C)C1CCCN(C(C)C)C1C(C)C.CC(C)N1CCC(C(C)(C)C)C1C(C)(C)C. The van der Waals surface area contributed by atoms with E-state index in [2.05, 4.69) is 220 Å². The lowest BCUT2D eigenvalue weighted by atomic mass is 9.67. The van der Waals surface area contributed by atoms with Crippen LogP contribution in [-0.2, 0) is 4.74 Å². The molecular weight excluding hydrogens is 805 g/mol. The monoisotopic (exact) mass is 931 g/mol. The Labute approximate surface area is 418 Å².